The molecule has 2 heterocycles. The zero-order chi connectivity index (χ0) is 23.3. The molecule has 5 nitrogen and oxygen atoms in total. The molecule has 0 saturated carbocycles. The number of nitrogens with one attached hydrogen (secondary N) is 1. The van der Waals surface area contributed by atoms with Crippen LogP contribution in [0.4, 0.5) is 13.6 Å². The summed E-state index contributed by atoms with van der Waals surface area (Å²) in [6.07, 6.45) is 3.04. The zero-order valence-corrected chi connectivity index (χ0v) is 20.9. The van der Waals surface area contributed by atoms with Crippen LogP contribution in [0.3, 0.4) is 0 Å². The lowest BCUT2D eigenvalue weighted by atomic mass is 9.96. The monoisotopic (exact) mass is 574 g/mol. The van der Waals surface area contributed by atoms with Crippen molar-refractivity contribution in [3.8, 4) is 0 Å². The minimum absolute atomic E-state index is 0.00161. The molecule has 0 radical (unpaired) electrons. The van der Waals surface area contributed by atoms with Gasteiger partial charge >= 0.3 is 10.0 Å². The Morgan fingerprint density at radius 2 is 2.09 bits per heavy atom. The smallest absolute Gasteiger partial charge is 0.409 e. The molecule has 0 aliphatic carbocycles. The first-order chi connectivity index (χ1) is 15.2. The van der Waals surface area contributed by atoms with E-state index in [4.69, 9.17) is 4.74 Å². The minimum atomic E-state index is -2.85. The third-order valence-electron chi connectivity index (χ3n) is 5.36. The van der Waals surface area contributed by atoms with Gasteiger partial charge in [-0.25, -0.2) is 4.79 Å². The molecular formula is C23H25F2IN2O3S. The third kappa shape index (κ3) is 6.08. The number of carbonyl (C=O) groups is 2. The van der Waals surface area contributed by atoms with E-state index in [2.05, 4.69) is 15.6 Å². The average Bonchev–Trinajstić information content (AvgIpc) is 2.81. The zero-order valence-electron chi connectivity index (χ0n) is 17.9. The number of hydrogen-bond donors (Lipinski definition) is 1. The predicted octanol–water partition coefficient (Wildman–Crippen LogP) is 5.29. The molecule has 0 bridgehead atoms. The molecule has 2 aliphatic rings. The molecule has 1 N–H and O–H groups in total. The second-order valence-corrected chi connectivity index (χ2v) is 10.8. The molecule has 2 aliphatic heterocycles. The standard InChI is InChI=1S/C23H25F2IN2O3S/c1-15-7-8-19(14-16-5-4-6-18(13-16)23(24,25)26-2)32-21(15)27-20(29)17-9-11-28(12-10-17)22(30)31-3/h4-7,13,17H,2,9-12,14H2,1,3H3,(H,27,29). The van der Waals surface area contributed by atoms with Crippen LogP contribution in [0.1, 0.15) is 30.9 Å². The largest absolute Gasteiger partial charge is 0.453 e. The van der Waals surface area contributed by atoms with Gasteiger partial charge in [0.25, 0.3) is 0 Å². The molecule has 0 aromatic heterocycles. The summed E-state index contributed by atoms with van der Waals surface area (Å²) in [6, 6.07) is 6.42. The van der Waals surface area contributed by atoms with Crippen molar-refractivity contribution in [2.75, 3.05) is 20.2 Å². The van der Waals surface area contributed by atoms with Crippen LogP contribution in [-0.4, -0.2) is 41.6 Å². The lowest BCUT2D eigenvalue weighted by molar-refractivity contribution is -0.125. The molecule has 1 fully saturated rings. The van der Waals surface area contributed by atoms with Gasteiger partial charge in [-0.2, -0.15) is 8.78 Å². The Labute approximate surface area is 200 Å². The number of benzene rings is 1. The molecule has 1 aromatic rings. The quantitative estimate of drug-likeness (QED) is 0.285. The number of carbonyl (C=O) groups excluding carboxylic acids is 2. The maximum Gasteiger partial charge on any atom is 0.409 e. The number of amides is 2. The van der Waals surface area contributed by atoms with Crippen molar-refractivity contribution in [1.29, 1.82) is 0 Å². The molecule has 2 amide bonds. The highest BCUT2D eigenvalue weighted by Gasteiger charge is 2.29. The van der Waals surface area contributed by atoms with Gasteiger partial charge in [-0.1, -0.05) is 34.5 Å². The van der Waals surface area contributed by atoms with Crippen molar-refractivity contribution < 1.29 is 23.1 Å². The summed E-state index contributed by atoms with van der Waals surface area (Å²) in [5, 5.41) is 3.74. The first-order valence-corrected chi connectivity index (χ1v) is 13.5. The molecule has 1 saturated heterocycles. The van der Waals surface area contributed by atoms with E-state index in [0.717, 1.165) is 21.1 Å². The van der Waals surface area contributed by atoms with Crippen LogP contribution in [0.2, 0.25) is 0 Å². The van der Waals surface area contributed by atoms with Crippen molar-refractivity contribution >= 4 is 49.0 Å². The number of piperidine rings is 1. The van der Waals surface area contributed by atoms with Crippen molar-refractivity contribution in [2.24, 2.45) is 5.92 Å². The summed E-state index contributed by atoms with van der Waals surface area (Å²) in [6.45, 7) is 2.86. The SMILES string of the molecule is C=IC(F)(F)c1cccc(CC2=C=CC(C)=C(NC(=O)C3CCN(C(=O)OC)CC3)S2)c1. The molecule has 0 unspecified atom stereocenters. The topological polar surface area (TPSA) is 58.6 Å². The van der Waals surface area contributed by atoms with Gasteiger partial charge in [0.1, 0.15) is 0 Å². The van der Waals surface area contributed by atoms with E-state index in [1.165, 1.54) is 31.0 Å². The van der Waals surface area contributed by atoms with Crippen LogP contribution in [0.5, 0.6) is 0 Å². The fourth-order valence-electron chi connectivity index (χ4n) is 3.49. The van der Waals surface area contributed by atoms with Crippen molar-refractivity contribution in [1.82, 2.24) is 10.2 Å². The Morgan fingerprint density at radius 3 is 2.75 bits per heavy atom. The number of nitrogens with zero attached hydrogens (tertiary/aromatic N) is 1. The lowest BCUT2D eigenvalue weighted by Crippen LogP contribution is -2.42. The normalized spacial score (nSPS) is 17.2. The fraction of sp³-hybridized carbons (Fsp3) is 0.391. The van der Waals surface area contributed by atoms with Crippen LogP contribution < -0.4 is 5.32 Å². The van der Waals surface area contributed by atoms with Crippen LogP contribution in [0, 0.1) is 5.92 Å². The van der Waals surface area contributed by atoms with E-state index in [-0.39, 0.29) is 23.5 Å². The van der Waals surface area contributed by atoms with Gasteiger partial charge in [-0.3, -0.25) is 4.79 Å². The van der Waals surface area contributed by atoms with E-state index >= 15 is 0 Å². The Kier molecular flexibility index (Phi) is 8.30. The van der Waals surface area contributed by atoms with Crippen molar-refractivity contribution in [3.63, 3.8) is 0 Å². The summed E-state index contributed by atoms with van der Waals surface area (Å²) < 4.78 is 33.4. The van der Waals surface area contributed by atoms with Gasteiger partial charge in [-0.15, -0.1) is 5.73 Å². The highest BCUT2D eigenvalue weighted by Crippen LogP contribution is 2.39. The van der Waals surface area contributed by atoms with Crippen molar-refractivity contribution in [2.45, 2.75) is 30.1 Å². The maximum absolute atomic E-state index is 14.0. The second kappa shape index (κ2) is 10.8. The molecule has 3 rings (SSSR count). The minimum Gasteiger partial charge on any atom is -0.453 e. The third-order valence-corrected chi connectivity index (χ3v) is 8.07. The van der Waals surface area contributed by atoms with Gasteiger partial charge in [0.05, 0.1) is 12.1 Å². The average molecular weight is 574 g/mol. The van der Waals surface area contributed by atoms with E-state index in [0.29, 0.717) is 32.4 Å². The number of methoxy groups -OCH3 is 1. The summed E-state index contributed by atoms with van der Waals surface area (Å²) in [7, 11) is 1.35. The fourth-order valence-corrected chi connectivity index (χ4v) is 5.24. The first-order valence-electron chi connectivity index (χ1n) is 10.1. The van der Waals surface area contributed by atoms with Gasteiger partial charge in [0, 0.05) is 35.9 Å². The van der Waals surface area contributed by atoms with Crippen LogP contribution in [0.25, 0.3) is 0 Å². The summed E-state index contributed by atoms with van der Waals surface area (Å²) in [5.74, 6) is -0.257. The summed E-state index contributed by atoms with van der Waals surface area (Å²) >= 11 is -0.0910. The molecule has 9 heteroatoms. The Hall–Kier alpha value is -1.97. The lowest BCUT2D eigenvalue weighted by Gasteiger charge is -2.30. The van der Waals surface area contributed by atoms with Crippen LogP contribution in [-0.2, 0) is 19.9 Å². The first kappa shape index (κ1) is 24.7. The van der Waals surface area contributed by atoms with Crippen molar-refractivity contribution in [3.05, 3.63) is 62.7 Å². The number of allylic oxidation sites excluding steroid dienone is 2. The Bertz CT molecular complexity index is 1010. The number of alkyl halides is 3. The molecular weight excluding hydrogens is 549 g/mol. The Balaban J connectivity index is 1.61. The number of ether oxygens (including phenoxy) is 1. The van der Waals surface area contributed by atoms with Gasteiger partial charge in [0.2, 0.25) is 5.91 Å². The highest BCUT2D eigenvalue weighted by molar-refractivity contribution is 14.2. The highest BCUT2D eigenvalue weighted by atomic mass is 127. The van der Waals surface area contributed by atoms with Crippen LogP contribution in [0.15, 0.2) is 51.6 Å². The van der Waals surface area contributed by atoms with Gasteiger partial charge in [-0.05, 0) is 63.8 Å². The van der Waals surface area contributed by atoms with Crippen LogP contribution >= 0.6 is 32.5 Å². The maximum atomic E-state index is 14.0. The molecule has 0 spiro atoms. The number of rotatable bonds is 6. The molecule has 32 heavy (non-hydrogen) atoms. The van der Waals surface area contributed by atoms with E-state index < -0.39 is 24.7 Å². The predicted molar refractivity (Wildman–Crippen MR) is 132 cm³/mol. The van der Waals surface area contributed by atoms with Gasteiger partial charge < -0.3 is 15.0 Å². The van der Waals surface area contributed by atoms with E-state index in [9.17, 15) is 18.4 Å². The summed E-state index contributed by atoms with van der Waals surface area (Å²) in [5.41, 5.74) is 4.85. The number of likely N-dealkylation sites (tertiary alicyclic amines) is 1. The van der Waals surface area contributed by atoms with E-state index in [1.807, 2.05) is 13.0 Å². The van der Waals surface area contributed by atoms with Gasteiger partial charge in [0.15, 0.2) is 0 Å². The Morgan fingerprint density at radius 1 is 1.38 bits per heavy atom. The summed E-state index contributed by atoms with van der Waals surface area (Å²) in [4.78, 5) is 26.8. The molecule has 1 aromatic carbocycles. The number of thioether (sulfide) groups is 1. The second-order valence-electron chi connectivity index (χ2n) is 7.56. The molecule has 172 valence electrons. The number of hydrogen-bond acceptors (Lipinski definition) is 4. The number of halogens is 3. The van der Waals surface area contributed by atoms with E-state index in [1.54, 1.807) is 17.0 Å². The molecule has 0 atom stereocenters.